The Morgan fingerprint density at radius 3 is 2.61 bits per heavy atom. The highest BCUT2D eigenvalue weighted by Gasteiger charge is 2.57. The smallest absolute Gasteiger partial charge is 0.0979 e. The molecule has 0 radical (unpaired) electrons. The van der Waals surface area contributed by atoms with Gasteiger partial charge in [0.1, 0.15) is 0 Å². The molecule has 0 amide bonds. The van der Waals surface area contributed by atoms with Crippen molar-refractivity contribution in [2.45, 2.75) is 36.2 Å². The van der Waals surface area contributed by atoms with Gasteiger partial charge in [-0.1, -0.05) is 29.8 Å². The van der Waals surface area contributed by atoms with Gasteiger partial charge < -0.3 is 5.11 Å². The molecule has 0 heterocycles. The fourth-order valence-corrected chi connectivity index (χ4v) is 2.74. The van der Waals surface area contributed by atoms with Gasteiger partial charge >= 0.3 is 0 Å². The number of aryl methyl sites for hydroxylation is 1. The van der Waals surface area contributed by atoms with Crippen molar-refractivity contribution in [1.82, 2.24) is 5.43 Å². The van der Waals surface area contributed by atoms with Crippen molar-refractivity contribution in [3.05, 3.63) is 34.9 Å². The Morgan fingerprint density at radius 2 is 2.06 bits per heavy atom. The van der Waals surface area contributed by atoms with Crippen LogP contribution in [0.15, 0.2) is 24.3 Å². The molecule has 0 saturated heterocycles. The zero-order valence-corrected chi connectivity index (χ0v) is 11.6. The van der Waals surface area contributed by atoms with Gasteiger partial charge in [0.15, 0.2) is 0 Å². The molecule has 4 N–H and O–H groups in total. The largest absolute Gasteiger partial charge is 0.387 e. The van der Waals surface area contributed by atoms with E-state index in [0.717, 1.165) is 23.4 Å². The van der Waals surface area contributed by atoms with E-state index in [1.54, 1.807) is 0 Å². The van der Waals surface area contributed by atoms with Crippen LogP contribution in [0.1, 0.15) is 24.8 Å². The summed E-state index contributed by atoms with van der Waals surface area (Å²) in [5, 5.41) is 11.4. The topological polar surface area (TPSA) is 58.3 Å². The molecule has 1 aliphatic carbocycles. The van der Waals surface area contributed by atoms with Crippen LogP contribution in [0.3, 0.4) is 0 Å². The lowest BCUT2D eigenvalue weighted by atomic mass is 9.89. The first-order valence-electron chi connectivity index (χ1n) is 6.09. The summed E-state index contributed by atoms with van der Waals surface area (Å²) in [7, 11) is 0. The molecule has 1 fully saturated rings. The third-order valence-corrected chi connectivity index (χ3v) is 4.78. The number of nitrogens with one attached hydrogen (secondary N) is 1. The van der Waals surface area contributed by atoms with Gasteiger partial charge in [-0.3, -0.25) is 11.3 Å². The van der Waals surface area contributed by atoms with E-state index in [9.17, 15) is 5.11 Å². The SMILES string of the molecule is NNCC(O)(CCc1ccccc1Cl)C1(Cl)CC1. The molecule has 5 heteroatoms. The van der Waals surface area contributed by atoms with Crippen molar-refractivity contribution in [3.63, 3.8) is 0 Å². The second kappa shape index (κ2) is 5.35. The van der Waals surface area contributed by atoms with Gasteiger partial charge in [-0.05, 0) is 37.3 Å². The van der Waals surface area contributed by atoms with Gasteiger partial charge in [-0.25, -0.2) is 0 Å². The summed E-state index contributed by atoms with van der Waals surface area (Å²) in [5.74, 6) is 5.34. The van der Waals surface area contributed by atoms with Gasteiger partial charge in [0.2, 0.25) is 0 Å². The number of aliphatic hydroxyl groups is 1. The van der Waals surface area contributed by atoms with Crippen LogP contribution in [-0.4, -0.2) is 22.1 Å². The molecule has 1 unspecified atom stereocenters. The number of hydrogen-bond donors (Lipinski definition) is 3. The van der Waals surface area contributed by atoms with Crippen molar-refractivity contribution in [1.29, 1.82) is 0 Å². The van der Waals surface area contributed by atoms with Gasteiger partial charge in [0.25, 0.3) is 0 Å². The molecule has 18 heavy (non-hydrogen) atoms. The summed E-state index contributed by atoms with van der Waals surface area (Å²) in [5.41, 5.74) is 2.58. The molecule has 0 bridgehead atoms. The first-order valence-corrected chi connectivity index (χ1v) is 6.84. The van der Waals surface area contributed by atoms with Crippen molar-refractivity contribution >= 4 is 23.2 Å². The van der Waals surface area contributed by atoms with Crippen LogP contribution in [0.25, 0.3) is 0 Å². The lowest BCUT2D eigenvalue weighted by molar-refractivity contribution is 0.0201. The highest BCUT2D eigenvalue weighted by atomic mass is 35.5. The van der Waals surface area contributed by atoms with Crippen LogP contribution in [-0.2, 0) is 6.42 Å². The molecule has 1 aromatic rings. The molecule has 1 aliphatic rings. The first kappa shape index (κ1) is 14.1. The molecule has 0 aromatic heterocycles. The van der Waals surface area contributed by atoms with E-state index in [1.807, 2.05) is 24.3 Å². The van der Waals surface area contributed by atoms with E-state index >= 15 is 0 Å². The Hall–Kier alpha value is -0.320. The number of hydrazine groups is 1. The lowest BCUT2D eigenvalue weighted by Gasteiger charge is -2.33. The first-order chi connectivity index (χ1) is 8.51. The van der Waals surface area contributed by atoms with Gasteiger partial charge in [-0.15, -0.1) is 11.6 Å². The van der Waals surface area contributed by atoms with Crippen LogP contribution >= 0.6 is 23.2 Å². The number of benzene rings is 1. The van der Waals surface area contributed by atoms with Crippen molar-refractivity contribution in [2.24, 2.45) is 5.84 Å². The van der Waals surface area contributed by atoms with Gasteiger partial charge in [-0.2, -0.15) is 0 Å². The third kappa shape index (κ3) is 2.81. The van der Waals surface area contributed by atoms with Crippen LogP contribution in [0.5, 0.6) is 0 Å². The van der Waals surface area contributed by atoms with Crippen LogP contribution in [0.2, 0.25) is 5.02 Å². The average molecular weight is 289 g/mol. The molecule has 1 saturated carbocycles. The van der Waals surface area contributed by atoms with Crippen molar-refractivity contribution < 1.29 is 5.11 Å². The minimum atomic E-state index is -0.984. The summed E-state index contributed by atoms with van der Waals surface area (Å²) in [6.07, 6.45) is 2.89. The van der Waals surface area contributed by atoms with E-state index in [1.165, 1.54) is 0 Å². The number of alkyl halides is 1. The predicted molar refractivity (Wildman–Crippen MR) is 74.7 cm³/mol. The second-order valence-corrected chi connectivity index (χ2v) is 6.10. The summed E-state index contributed by atoms with van der Waals surface area (Å²) in [4.78, 5) is -0.527. The number of nitrogens with two attached hydrogens (primary N) is 1. The zero-order chi connectivity index (χ0) is 13.2. The molecule has 0 aliphatic heterocycles. The van der Waals surface area contributed by atoms with Gasteiger partial charge in [0.05, 0.1) is 10.5 Å². The lowest BCUT2D eigenvalue weighted by Crippen LogP contribution is -2.51. The Kier molecular flexibility index (Phi) is 4.19. The highest BCUT2D eigenvalue weighted by Crippen LogP contribution is 2.52. The minimum Gasteiger partial charge on any atom is -0.387 e. The molecule has 0 spiro atoms. The van der Waals surface area contributed by atoms with Gasteiger partial charge in [0, 0.05) is 11.6 Å². The Bertz CT molecular complexity index is 423. The van der Waals surface area contributed by atoms with Crippen LogP contribution in [0, 0.1) is 0 Å². The molecular formula is C13H18Cl2N2O. The van der Waals surface area contributed by atoms with Crippen molar-refractivity contribution in [3.8, 4) is 0 Å². The normalized spacial score (nSPS) is 20.4. The number of rotatable bonds is 6. The molecular weight excluding hydrogens is 271 g/mol. The quantitative estimate of drug-likeness (QED) is 0.427. The molecule has 2 rings (SSSR count). The summed E-state index contributed by atoms with van der Waals surface area (Å²) < 4.78 is 0. The molecule has 1 aromatic carbocycles. The van der Waals surface area contributed by atoms with E-state index in [0.29, 0.717) is 19.4 Å². The minimum absolute atomic E-state index is 0.293. The van der Waals surface area contributed by atoms with Crippen LogP contribution < -0.4 is 11.3 Å². The van der Waals surface area contributed by atoms with E-state index in [4.69, 9.17) is 29.0 Å². The Morgan fingerprint density at radius 1 is 1.39 bits per heavy atom. The number of halogens is 2. The second-order valence-electron chi connectivity index (χ2n) is 4.97. The van der Waals surface area contributed by atoms with Crippen molar-refractivity contribution in [2.75, 3.05) is 6.54 Å². The summed E-state index contributed by atoms with van der Waals surface area (Å²) in [6.45, 7) is 0.293. The van der Waals surface area contributed by atoms with E-state index < -0.39 is 10.5 Å². The maximum Gasteiger partial charge on any atom is 0.0979 e. The zero-order valence-electron chi connectivity index (χ0n) is 10.1. The fraction of sp³-hybridized carbons (Fsp3) is 0.538. The molecule has 100 valence electrons. The third-order valence-electron chi connectivity index (χ3n) is 3.68. The monoisotopic (exact) mass is 288 g/mol. The van der Waals surface area contributed by atoms with E-state index in [-0.39, 0.29) is 0 Å². The maximum absolute atomic E-state index is 10.6. The standard InChI is InChI=1S/C13H18Cl2N2O/c14-11-4-2-1-3-10(11)5-6-13(18,9-17-16)12(15)7-8-12/h1-4,17-18H,5-9,16H2. The fourth-order valence-electron chi connectivity index (χ4n) is 2.26. The maximum atomic E-state index is 10.6. The van der Waals surface area contributed by atoms with Crippen LogP contribution in [0.4, 0.5) is 0 Å². The summed E-state index contributed by atoms with van der Waals surface area (Å²) >= 11 is 12.5. The predicted octanol–water partition coefficient (Wildman–Crippen LogP) is 2.24. The number of hydrogen-bond acceptors (Lipinski definition) is 3. The summed E-state index contributed by atoms with van der Waals surface area (Å²) in [6, 6.07) is 7.65. The Labute approximate surface area is 117 Å². The Balaban J connectivity index is 2.05. The molecule has 1 atom stereocenters. The highest BCUT2D eigenvalue weighted by molar-refractivity contribution is 6.31. The average Bonchev–Trinajstić information content (AvgIpc) is 3.08. The van der Waals surface area contributed by atoms with E-state index in [2.05, 4.69) is 5.43 Å². The molecule has 3 nitrogen and oxygen atoms in total.